The molecule has 0 spiro atoms. The zero-order valence-corrected chi connectivity index (χ0v) is 9.51. The van der Waals surface area contributed by atoms with Gasteiger partial charge in [0.25, 0.3) is 0 Å². The van der Waals surface area contributed by atoms with Crippen LogP contribution in [-0.2, 0) is 4.79 Å². The number of carboxylic acids is 1. The second-order valence-corrected chi connectivity index (χ2v) is 7.49. The van der Waals surface area contributed by atoms with Gasteiger partial charge < -0.3 is 5.11 Å². The predicted octanol–water partition coefficient (Wildman–Crippen LogP) is 3.05. The first-order valence-corrected chi connectivity index (χ1v) is 7.41. The summed E-state index contributed by atoms with van der Waals surface area (Å²) in [5.41, 5.74) is 1.86. The van der Waals surface area contributed by atoms with Crippen molar-refractivity contribution in [3.63, 3.8) is 0 Å². The SMILES string of the molecule is O=C(O)CCP1C2CCCCC1CC2. The molecule has 2 nitrogen and oxygen atoms in total. The van der Waals surface area contributed by atoms with Gasteiger partial charge in [0.2, 0.25) is 0 Å². The fourth-order valence-corrected chi connectivity index (χ4v) is 6.75. The molecule has 0 aromatic rings. The molecule has 80 valence electrons. The van der Waals surface area contributed by atoms with Crippen molar-refractivity contribution in [2.45, 2.75) is 56.3 Å². The van der Waals surface area contributed by atoms with Crippen LogP contribution in [0, 0.1) is 0 Å². The average Bonchev–Trinajstić information content (AvgIpc) is 2.36. The molecule has 0 amide bonds. The lowest BCUT2D eigenvalue weighted by Gasteiger charge is -2.22. The summed E-state index contributed by atoms with van der Waals surface area (Å²) >= 11 is 0. The van der Waals surface area contributed by atoms with Gasteiger partial charge in [0, 0.05) is 6.42 Å². The number of hydrogen-bond acceptors (Lipinski definition) is 1. The molecule has 0 aromatic carbocycles. The van der Waals surface area contributed by atoms with Crippen molar-refractivity contribution in [1.29, 1.82) is 0 Å². The van der Waals surface area contributed by atoms with Crippen LogP contribution >= 0.6 is 7.92 Å². The maximum Gasteiger partial charge on any atom is 0.303 e. The average molecular weight is 214 g/mol. The van der Waals surface area contributed by atoms with Gasteiger partial charge in [-0.25, -0.2) is 0 Å². The molecule has 14 heavy (non-hydrogen) atoms. The molecule has 2 rings (SSSR count). The Bertz CT molecular complexity index is 203. The van der Waals surface area contributed by atoms with Crippen LogP contribution in [0.2, 0.25) is 0 Å². The fraction of sp³-hybridized carbons (Fsp3) is 0.909. The smallest absolute Gasteiger partial charge is 0.303 e. The molecule has 2 fully saturated rings. The zero-order valence-electron chi connectivity index (χ0n) is 8.61. The molecule has 2 saturated heterocycles. The van der Waals surface area contributed by atoms with E-state index in [1.807, 2.05) is 0 Å². The third-order valence-electron chi connectivity index (χ3n) is 3.68. The lowest BCUT2D eigenvalue weighted by Crippen LogP contribution is -2.07. The molecule has 0 radical (unpaired) electrons. The van der Waals surface area contributed by atoms with E-state index in [1.165, 1.54) is 38.5 Å². The van der Waals surface area contributed by atoms with Crippen molar-refractivity contribution in [2.24, 2.45) is 0 Å². The van der Waals surface area contributed by atoms with E-state index in [9.17, 15) is 4.79 Å². The molecular weight excluding hydrogens is 195 g/mol. The number of carboxylic acid groups (broad SMARTS) is 1. The summed E-state index contributed by atoms with van der Waals surface area (Å²) in [6.07, 6.45) is 9.79. The van der Waals surface area contributed by atoms with Crippen molar-refractivity contribution in [2.75, 3.05) is 6.16 Å². The number of aliphatic carboxylic acids is 1. The van der Waals surface area contributed by atoms with Crippen LogP contribution in [0.4, 0.5) is 0 Å². The summed E-state index contributed by atoms with van der Waals surface area (Å²) in [5.74, 6) is -0.601. The first-order valence-electron chi connectivity index (χ1n) is 5.75. The summed E-state index contributed by atoms with van der Waals surface area (Å²) < 4.78 is 0. The third-order valence-corrected chi connectivity index (χ3v) is 7.33. The van der Waals surface area contributed by atoms with Crippen molar-refractivity contribution in [3.8, 4) is 0 Å². The molecule has 2 aliphatic heterocycles. The number of carbonyl (C=O) groups is 1. The van der Waals surface area contributed by atoms with Crippen molar-refractivity contribution < 1.29 is 9.90 Å². The highest BCUT2D eigenvalue weighted by atomic mass is 31.1. The van der Waals surface area contributed by atoms with Crippen molar-refractivity contribution >= 4 is 13.9 Å². The van der Waals surface area contributed by atoms with Crippen molar-refractivity contribution in [3.05, 3.63) is 0 Å². The molecule has 1 N–H and O–H groups in total. The van der Waals surface area contributed by atoms with Gasteiger partial charge in [0.15, 0.2) is 0 Å². The Hall–Kier alpha value is -0.100. The molecule has 2 bridgehead atoms. The van der Waals surface area contributed by atoms with E-state index >= 15 is 0 Å². The number of hydrogen-bond donors (Lipinski definition) is 1. The molecule has 0 aromatic heterocycles. The Labute approximate surface area is 86.8 Å². The Morgan fingerprint density at radius 1 is 1.14 bits per heavy atom. The molecule has 2 unspecified atom stereocenters. The third kappa shape index (κ3) is 2.28. The van der Waals surface area contributed by atoms with Gasteiger partial charge in [-0.05, 0) is 43.2 Å². The van der Waals surface area contributed by atoms with Gasteiger partial charge in [0.05, 0.1) is 0 Å². The van der Waals surface area contributed by atoms with Crippen LogP contribution in [0.15, 0.2) is 0 Å². The summed E-state index contributed by atoms with van der Waals surface area (Å²) in [4.78, 5) is 10.6. The van der Waals surface area contributed by atoms with Gasteiger partial charge in [-0.3, -0.25) is 4.79 Å². The Morgan fingerprint density at radius 3 is 2.21 bits per heavy atom. The highest BCUT2D eigenvalue weighted by Gasteiger charge is 2.36. The summed E-state index contributed by atoms with van der Waals surface area (Å²) in [6, 6.07) is 0. The topological polar surface area (TPSA) is 37.3 Å². The highest BCUT2D eigenvalue weighted by molar-refractivity contribution is 7.59. The monoisotopic (exact) mass is 214 g/mol. The maximum absolute atomic E-state index is 10.6. The normalized spacial score (nSPS) is 36.7. The zero-order chi connectivity index (χ0) is 9.97. The Balaban J connectivity index is 1.92. The molecule has 2 aliphatic rings. The molecule has 0 saturated carbocycles. The van der Waals surface area contributed by atoms with Crippen LogP contribution in [-0.4, -0.2) is 28.6 Å². The van der Waals surface area contributed by atoms with Crippen molar-refractivity contribution in [1.82, 2.24) is 0 Å². The van der Waals surface area contributed by atoms with E-state index in [4.69, 9.17) is 5.11 Å². The second-order valence-electron chi connectivity index (χ2n) is 4.55. The second kappa shape index (κ2) is 4.61. The van der Waals surface area contributed by atoms with Gasteiger partial charge in [-0.15, -0.1) is 0 Å². The first-order chi connectivity index (χ1) is 6.77. The molecule has 0 aliphatic carbocycles. The van der Waals surface area contributed by atoms with Gasteiger partial charge in [-0.1, -0.05) is 20.8 Å². The van der Waals surface area contributed by atoms with E-state index in [1.54, 1.807) is 0 Å². The predicted molar refractivity (Wildman–Crippen MR) is 59.3 cm³/mol. The van der Waals surface area contributed by atoms with Crippen LogP contribution in [0.1, 0.15) is 44.9 Å². The Morgan fingerprint density at radius 2 is 1.71 bits per heavy atom. The van der Waals surface area contributed by atoms with E-state index < -0.39 is 5.97 Å². The molecule has 2 atom stereocenters. The molecule has 2 heterocycles. The first kappa shape index (κ1) is 10.4. The van der Waals surface area contributed by atoms with E-state index in [-0.39, 0.29) is 7.92 Å². The van der Waals surface area contributed by atoms with Crippen LogP contribution in [0.3, 0.4) is 0 Å². The molecular formula is C11H19O2P. The minimum atomic E-state index is -0.601. The Kier molecular flexibility index (Phi) is 3.43. The number of fused-ring (bicyclic) bond motifs is 2. The number of rotatable bonds is 3. The summed E-state index contributed by atoms with van der Waals surface area (Å²) in [5, 5.41) is 8.72. The lowest BCUT2D eigenvalue weighted by molar-refractivity contribution is -0.136. The van der Waals surface area contributed by atoms with Crippen LogP contribution < -0.4 is 0 Å². The van der Waals surface area contributed by atoms with Crippen LogP contribution in [0.5, 0.6) is 0 Å². The van der Waals surface area contributed by atoms with Gasteiger partial charge in [0.1, 0.15) is 0 Å². The lowest BCUT2D eigenvalue weighted by atomic mass is 10.0. The quantitative estimate of drug-likeness (QED) is 0.733. The van der Waals surface area contributed by atoms with Gasteiger partial charge >= 0.3 is 5.97 Å². The summed E-state index contributed by atoms with van der Waals surface area (Å²) in [7, 11) is 0.0770. The van der Waals surface area contributed by atoms with Crippen LogP contribution in [0.25, 0.3) is 0 Å². The standard InChI is InChI=1S/C11H19O2P/c12-11(13)7-8-14-9-3-1-2-4-10(14)6-5-9/h9-10H,1-8H2,(H,12,13). The van der Waals surface area contributed by atoms with E-state index in [2.05, 4.69) is 0 Å². The minimum absolute atomic E-state index is 0.0770. The maximum atomic E-state index is 10.6. The summed E-state index contributed by atoms with van der Waals surface area (Å²) in [6.45, 7) is 0. The highest BCUT2D eigenvalue weighted by Crippen LogP contribution is 2.60. The van der Waals surface area contributed by atoms with E-state index in [0.717, 1.165) is 17.5 Å². The minimum Gasteiger partial charge on any atom is -0.481 e. The fourth-order valence-electron chi connectivity index (χ4n) is 2.98. The van der Waals surface area contributed by atoms with Gasteiger partial charge in [-0.2, -0.15) is 0 Å². The van der Waals surface area contributed by atoms with E-state index in [0.29, 0.717) is 6.42 Å². The largest absolute Gasteiger partial charge is 0.481 e. The molecule has 3 heteroatoms.